The first-order valence-corrected chi connectivity index (χ1v) is 8.23. The fourth-order valence-electron chi connectivity index (χ4n) is 2.26. The van der Waals surface area contributed by atoms with Gasteiger partial charge in [0.1, 0.15) is 22.6 Å². The molecule has 3 rings (SSSR count). The normalized spacial score (nSPS) is 10.3. The number of benzene rings is 1. The predicted molar refractivity (Wildman–Crippen MR) is 93.5 cm³/mol. The molecule has 0 aliphatic rings. The van der Waals surface area contributed by atoms with Gasteiger partial charge < -0.3 is 5.32 Å². The first kappa shape index (κ1) is 16.7. The van der Waals surface area contributed by atoms with Crippen molar-refractivity contribution >= 4 is 23.4 Å². The van der Waals surface area contributed by atoms with E-state index in [0.717, 1.165) is 5.69 Å². The van der Waals surface area contributed by atoms with Crippen molar-refractivity contribution in [1.82, 2.24) is 19.7 Å². The highest BCUT2D eigenvalue weighted by Gasteiger charge is 2.14. The van der Waals surface area contributed by atoms with E-state index in [1.54, 1.807) is 12.1 Å². The molecule has 0 aliphatic carbocycles. The van der Waals surface area contributed by atoms with Crippen LogP contribution in [0.2, 0.25) is 0 Å². The molecule has 3 aromatic rings. The zero-order chi connectivity index (χ0) is 17.8. The first-order valence-electron chi connectivity index (χ1n) is 7.42. The number of anilines is 1. The number of nitrogens with zero attached hydrogens (tertiary/aromatic N) is 5. The Hall–Kier alpha value is -3.18. The van der Waals surface area contributed by atoms with Crippen molar-refractivity contribution in [1.29, 1.82) is 5.26 Å². The lowest BCUT2D eigenvalue weighted by Gasteiger charge is -2.10. The molecule has 8 heteroatoms. The van der Waals surface area contributed by atoms with E-state index >= 15 is 0 Å². The minimum atomic E-state index is -0.134. The third kappa shape index (κ3) is 3.84. The molecule has 0 atom stereocenters. The number of nitriles is 1. The van der Waals surface area contributed by atoms with Crippen molar-refractivity contribution in [2.75, 3.05) is 5.32 Å². The maximum Gasteiger partial charge on any atom is 0.221 e. The van der Waals surface area contributed by atoms with E-state index in [4.69, 9.17) is 5.26 Å². The van der Waals surface area contributed by atoms with Crippen molar-refractivity contribution in [2.45, 2.75) is 24.0 Å². The van der Waals surface area contributed by atoms with Gasteiger partial charge in [-0.1, -0.05) is 12.1 Å². The van der Waals surface area contributed by atoms with Crippen molar-refractivity contribution < 1.29 is 4.79 Å². The van der Waals surface area contributed by atoms with Gasteiger partial charge in [-0.15, -0.1) is 10.2 Å². The third-order valence-electron chi connectivity index (χ3n) is 3.25. The standard InChI is InChI=1S/C17H14N6OS/c1-11-21-22-17(25-16-8-4-6-14(10-18)20-16)23(11)15-7-3-5-13(9-15)19-12(2)24/h3-9H,1-2H3,(H,19,24). The number of hydrogen-bond donors (Lipinski definition) is 1. The van der Waals surface area contributed by atoms with Crippen molar-refractivity contribution in [3.05, 3.63) is 54.0 Å². The molecule has 2 aromatic heterocycles. The van der Waals surface area contributed by atoms with Crippen LogP contribution < -0.4 is 5.32 Å². The van der Waals surface area contributed by atoms with E-state index in [1.165, 1.54) is 18.7 Å². The molecule has 1 amide bonds. The van der Waals surface area contributed by atoms with Gasteiger partial charge in [0.15, 0.2) is 0 Å². The summed E-state index contributed by atoms with van der Waals surface area (Å²) >= 11 is 1.32. The quantitative estimate of drug-likeness (QED) is 0.777. The van der Waals surface area contributed by atoms with E-state index < -0.39 is 0 Å². The van der Waals surface area contributed by atoms with Crippen molar-refractivity contribution in [2.24, 2.45) is 0 Å². The maximum absolute atomic E-state index is 11.3. The zero-order valence-corrected chi connectivity index (χ0v) is 14.4. The van der Waals surface area contributed by atoms with Gasteiger partial charge >= 0.3 is 0 Å². The van der Waals surface area contributed by atoms with Gasteiger partial charge in [0.2, 0.25) is 11.1 Å². The molecule has 25 heavy (non-hydrogen) atoms. The lowest BCUT2D eigenvalue weighted by Crippen LogP contribution is -2.07. The Balaban J connectivity index is 1.97. The van der Waals surface area contributed by atoms with Crippen molar-refractivity contribution in [3.8, 4) is 11.8 Å². The number of nitrogens with one attached hydrogen (secondary N) is 1. The molecule has 0 unspecified atom stereocenters. The number of pyridine rings is 1. The maximum atomic E-state index is 11.3. The number of rotatable bonds is 4. The highest BCUT2D eigenvalue weighted by atomic mass is 32.2. The molecule has 0 fully saturated rings. The van der Waals surface area contributed by atoms with E-state index in [1.807, 2.05) is 47.9 Å². The molecule has 1 aromatic carbocycles. The number of hydrogen-bond acceptors (Lipinski definition) is 6. The molecule has 0 spiro atoms. The molecule has 7 nitrogen and oxygen atoms in total. The molecule has 0 saturated heterocycles. The molecular formula is C17H14N6OS. The summed E-state index contributed by atoms with van der Waals surface area (Å²) in [5.41, 5.74) is 1.87. The van der Waals surface area contributed by atoms with E-state index in [2.05, 4.69) is 20.5 Å². The van der Waals surface area contributed by atoms with Crippen LogP contribution in [0.4, 0.5) is 5.69 Å². The Bertz CT molecular complexity index is 975. The van der Waals surface area contributed by atoms with Crippen LogP contribution in [0.25, 0.3) is 5.69 Å². The summed E-state index contributed by atoms with van der Waals surface area (Å²) in [6.45, 7) is 3.31. The average molecular weight is 350 g/mol. The molecule has 124 valence electrons. The zero-order valence-electron chi connectivity index (χ0n) is 13.6. The van der Waals surface area contributed by atoms with Gasteiger partial charge in [0.25, 0.3) is 0 Å². The van der Waals surface area contributed by atoms with Crippen LogP contribution in [-0.4, -0.2) is 25.7 Å². The van der Waals surface area contributed by atoms with Crippen LogP contribution in [0.3, 0.4) is 0 Å². The van der Waals surface area contributed by atoms with Gasteiger partial charge in [-0.25, -0.2) is 4.98 Å². The summed E-state index contributed by atoms with van der Waals surface area (Å²) in [5, 5.41) is 21.4. The van der Waals surface area contributed by atoms with Crippen LogP contribution >= 0.6 is 11.8 Å². The minimum Gasteiger partial charge on any atom is -0.326 e. The summed E-state index contributed by atoms with van der Waals surface area (Å²) < 4.78 is 1.87. The Morgan fingerprint density at radius 1 is 1.24 bits per heavy atom. The average Bonchev–Trinajstić information content (AvgIpc) is 2.95. The molecular weight excluding hydrogens is 336 g/mol. The van der Waals surface area contributed by atoms with Crippen LogP contribution in [0, 0.1) is 18.3 Å². The number of amides is 1. The predicted octanol–water partition coefficient (Wildman–Crippen LogP) is 2.95. The van der Waals surface area contributed by atoms with Crippen LogP contribution in [0.15, 0.2) is 52.6 Å². The number of carbonyl (C=O) groups is 1. The monoisotopic (exact) mass is 350 g/mol. The van der Waals surface area contributed by atoms with E-state index in [0.29, 0.717) is 27.4 Å². The van der Waals surface area contributed by atoms with E-state index in [-0.39, 0.29) is 5.91 Å². The summed E-state index contributed by atoms with van der Waals surface area (Å²) in [6.07, 6.45) is 0. The smallest absolute Gasteiger partial charge is 0.221 e. The Labute approximate surface area is 148 Å². The van der Waals surface area contributed by atoms with Gasteiger partial charge in [-0.05, 0) is 49.0 Å². The van der Waals surface area contributed by atoms with Crippen LogP contribution in [-0.2, 0) is 4.79 Å². The molecule has 2 heterocycles. The topological polar surface area (TPSA) is 96.5 Å². The minimum absolute atomic E-state index is 0.134. The molecule has 0 saturated carbocycles. The lowest BCUT2D eigenvalue weighted by molar-refractivity contribution is -0.114. The number of aryl methyl sites for hydroxylation is 1. The summed E-state index contributed by atoms with van der Waals surface area (Å²) in [7, 11) is 0. The third-order valence-corrected chi connectivity index (χ3v) is 4.14. The summed E-state index contributed by atoms with van der Waals surface area (Å²) in [4.78, 5) is 15.5. The molecule has 0 radical (unpaired) electrons. The Morgan fingerprint density at radius 3 is 2.80 bits per heavy atom. The van der Waals surface area contributed by atoms with Gasteiger partial charge in [-0.2, -0.15) is 5.26 Å². The Morgan fingerprint density at radius 2 is 2.04 bits per heavy atom. The second kappa shape index (κ2) is 7.15. The van der Waals surface area contributed by atoms with Gasteiger partial charge in [0.05, 0.1) is 5.69 Å². The fourth-order valence-corrected chi connectivity index (χ4v) is 3.15. The number of carbonyl (C=O) groups excluding carboxylic acids is 1. The first-order chi connectivity index (χ1) is 12.1. The molecule has 0 bridgehead atoms. The molecule has 0 aliphatic heterocycles. The lowest BCUT2D eigenvalue weighted by atomic mass is 10.2. The SMILES string of the molecule is CC(=O)Nc1cccc(-n2c(C)nnc2Sc2cccc(C#N)n2)c1. The van der Waals surface area contributed by atoms with Gasteiger partial charge in [0, 0.05) is 12.6 Å². The van der Waals surface area contributed by atoms with E-state index in [9.17, 15) is 4.79 Å². The van der Waals surface area contributed by atoms with Crippen molar-refractivity contribution in [3.63, 3.8) is 0 Å². The Kier molecular flexibility index (Phi) is 4.77. The summed E-state index contributed by atoms with van der Waals surface area (Å²) in [5.74, 6) is 0.573. The highest BCUT2D eigenvalue weighted by Crippen LogP contribution is 2.28. The second-order valence-electron chi connectivity index (χ2n) is 5.17. The van der Waals surface area contributed by atoms with Gasteiger partial charge in [-0.3, -0.25) is 9.36 Å². The van der Waals surface area contributed by atoms with Crippen LogP contribution in [0.1, 0.15) is 18.4 Å². The largest absolute Gasteiger partial charge is 0.326 e. The number of aromatic nitrogens is 4. The van der Waals surface area contributed by atoms with Crippen LogP contribution in [0.5, 0.6) is 0 Å². The second-order valence-corrected chi connectivity index (χ2v) is 6.16. The fraction of sp³-hybridized carbons (Fsp3) is 0.118. The highest BCUT2D eigenvalue weighted by molar-refractivity contribution is 7.99. The molecule has 1 N–H and O–H groups in total. The summed E-state index contributed by atoms with van der Waals surface area (Å²) in [6, 6.07) is 14.7.